The lowest BCUT2D eigenvalue weighted by atomic mass is 9.99. The molecule has 2 aromatic rings. The Kier molecular flexibility index (Phi) is 5.06. The zero-order valence-corrected chi connectivity index (χ0v) is 13.7. The smallest absolute Gasteiger partial charge is 0.246 e. The number of ether oxygens (including phenoxy) is 1. The van der Waals surface area contributed by atoms with Gasteiger partial charge in [-0.3, -0.25) is 9.78 Å². The Bertz CT molecular complexity index is 749. The average molecular weight is 320 g/mol. The van der Waals surface area contributed by atoms with Crippen LogP contribution in [0.3, 0.4) is 0 Å². The molecule has 2 heterocycles. The van der Waals surface area contributed by atoms with Gasteiger partial charge in [-0.1, -0.05) is 24.3 Å². The van der Waals surface area contributed by atoms with Crippen molar-refractivity contribution in [1.29, 1.82) is 0 Å². The zero-order chi connectivity index (χ0) is 16.8. The predicted octanol–water partition coefficient (Wildman–Crippen LogP) is 3.42. The summed E-state index contributed by atoms with van der Waals surface area (Å²) in [6, 6.07) is 11.8. The van der Waals surface area contributed by atoms with E-state index in [1.807, 2.05) is 29.2 Å². The third-order valence-corrected chi connectivity index (χ3v) is 4.08. The van der Waals surface area contributed by atoms with Gasteiger partial charge in [0.25, 0.3) is 0 Å². The molecule has 1 aromatic heterocycles. The van der Waals surface area contributed by atoms with Gasteiger partial charge in [-0.25, -0.2) is 0 Å². The van der Waals surface area contributed by atoms with Gasteiger partial charge in [0.1, 0.15) is 5.75 Å². The van der Waals surface area contributed by atoms with Gasteiger partial charge in [-0.05, 0) is 47.4 Å². The molecule has 4 heteroatoms. The Morgan fingerprint density at radius 1 is 1.25 bits per heavy atom. The van der Waals surface area contributed by atoms with Crippen molar-refractivity contribution in [3.63, 3.8) is 0 Å². The second-order valence-electron chi connectivity index (χ2n) is 5.61. The zero-order valence-electron chi connectivity index (χ0n) is 13.7. The molecule has 0 saturated heterocycles. The van der Waals surface area contributed by atoms with E-state index in [1.165, 1.54) is 11.1 Å². The first-order valence-corrected chi connectivity index (χ1v) is 7.97. The van der Waals surface area contributed by atoms with Gasteiger partial charge in [0.15, 0.2) is 0 Å². The molecule has 0 fully saturated rings. The maximum atomic E-state index is 12.3. The second-order valence-corrected chi connectivity index (χ2v) is 5.61. The standard InChI is InChI=1S/C20H20N2O2/c1-24-19-7-5-17(6-8-19)18-10-13-22(14-11-18)20(23)9-4-16-3-2-12-21-15-16/h2-10,12,15H,11,13-14H2,1H3. The number of hydrogen-bond donors (Lipinski definition) is 0. The van der Waals surface area contributed by atoms with Crippen molar-refractivity contribution in [2.24, 2.45) is 0 Å². The molecule has 4 nitrogen and oxygen atoms in total. The molecule has 1 aliphatic heterocycles. The molecule has 1 aliphatic rings. The fraction of sp³-hybridized carbons (Fsp3) is 0.200. The highest BCUT2D eigenvalue weighted by molar-refractivity contribution is 5.92. The highest BCUT2D eigenvalue weighted by Crippen LogP contribution is 2.24. The molecule has 0 saturated carbocycles. The first-order chi connectivity index (χ1) is 11.8. The largest absolute Gasteiger partial charge is 0.497 e. The maximum absolute atomic E-state index is 12.3. The molecule has 24 heavy (non-hydrogen) atoms. The van der Waals surface area contributed by atoms with E-state index < -0.39 is 0 Å². The highest BCUT2D eigenvalue weighted by atomic mass is 16.5. The summed E-state index contributed by atoms with van der Waals surface area (Å²) in [5, 5.41) is 0. The number of carbonyl (C=O) groups excluding carboxylic acids is 1. The van der Waals surface area contributed by atoms with Crippen LogP contribution < -0.4 is 4.74 Å². The van der Waals surface area contributed by atoms with Crippen molar-refractivity contribution >= 4 is 17.6 Å². The fourth-order valence-corrected chi connectivity index (χ4v) is 2.68. The van der Waals surface area contributed by atoms with Gasteiger partial charge >= 0.3 is 0 Å². The second kappa shape index (κ2) is 7.59. The number of rotatable bonds is 4. The highest BCUT2D eigenvalue weighted by Gasteiger charge is 2.16. The Hall–Kier alpha value is -2.88. The molecule has 122 valence electrons. The Balaban J connectivity index is 1.61. The lowest BCUT2D eigenvalue weighted by Crippen LogP contribution is -2.33. The lowest BCUT2D eigenvalue weighted by Gasteiger charge is -2.25. The monoisotopic (exact) mass is 320 g/mol. The van der Waals surface area contributed by atoms with Crippen LogP contribution in [0.15, 0.2) is 60.9 Å². The first kappa shape index (κ1) is 16.0. The van der Waals surface area contributed by atoms with Crippen LogP contribution in [0.5, 0.6) is 5.75 Å². The molecule has 1 amide bonds. The molecular formula is C20H20N2O2. The van der Waals surface area contributed by atoms with Crippen LogP contribution in [0.4, 0.5) is 0 Å². The fourth-order valence-electron chi connectivity index (χ4n) is 2.68. The minimum absolute atomic E-state index is 0.0314. The first-order valence-electron chi connectivity index (χ1n) is 7.97. The predicted molar refractivity (Wildman–Crippen MR) is 95.4 cm³/mol. The molecule has 1 aromatic carbocycles. The Morgan fingerprint density at radius 3 is 2.71 bits per heavy atom. The van der Waals surface area contributed by atoms with E-state index >= 15 is 0 Å². The van der Waals surface area contributed by atoms with Crippen LogP contribution in [0, 0.1) is 0 Å². The van der Waals surface area contributed by atoms with E-state index in [0.29, 0.717) is 6.54 Å². The van der Waals surface area contributed by atoms with E-state index in [4.69, 9.17) is 4.74 Å². The van der Waals surface area contributed by atoms with Gasteiger partial charge in [-0.2, -0.15) is 0 Å². The summed E-state index contributed by atoms with van der Waals surface area (Å²) in [4.78, 5) is 18.2. The number of nitrogens with zero attached hydrogens (tertiary/aromatic N) is 2. The van der Waals surface area contributed by atoms with E-state index in [1.54, 1.807) is 31.7 Å². The Morgan fingerprint density at radius 2 is 2.08 bits per heavy atom. The van der Waals surface area contributed by atoms with E-state index in [2.05, 4.69) is 23.2 Å². The summed E-state index contributed by atoms with van der Waals surface area (Å²) < 4.78 is 5.18. The van der Waals surface area contributed by atoms with E-state index in [9.17, 15) is 4.79 Å². The van der Waals surface area contributed by atoms with Crippen molar-refractivity contribution in [1.82, 2.24) is 9.88 Å². The van der Waals surface area contributed by atoms with Gasteiger partial charge in [0.2, 0.25) is 5.91 Å². The normalized spacial score (nSPS) is 14.5. The number of methoxy groups -OCH3 is 1. The summed E-state index contributed by atoms with van der Waals surface area (Å²) in [6.07, 6.45) is 9.86. The average Bonchev–Trinajstić information content (AvgIpc) is 2.67. The molecule has 0 N–H and O–H groups in total. The number of hydrogen-bond acceptors (Lipinski definition) is 3. The van der Waals surface area contributed by atoms with Crippen molar-refractivity contribution in [3.8, 4) is 5.75 Å². The molecule has 3 rings (SSSR count). The summed E-state index contributed by atoms with van der Waals surface area (Å²) in [5.41, 5.74) is 3.39. The van der Waals surface area contributed by atoms with Crippen molar-refractivity contribution in [3.05, 3.63) is 72.1 Å². The van der Waals surface area contributed by atoms with Gasteiger partial charge < -0.3 is 9.64 Å². The minimum Gasteiger partial charge on any atom is -0.497 e. The molecule has 0 spiro atoms. The van der Waals surface area contributed by atoms with Gasteiger partial charge in [0, 0.05) is 31.6 Å². The van der Waals surface area contributed by atoms with Crippen LogP contribution in [0.2, 0.25) is 0 Å². The van der Waals surface area contributed by atoms with Crippen LogP contribution in [-0.4, -0.2) is 36.0 Å². The number of carbonyl (C=O) groups is 1. The van der Waals surface area contributed by atoms with Crippen LogP contribution in [0.1, 0.15) is 17.5 Å². The third-order valence-electron chi connectivity index (χ3n) is 4.08. The van der Waals surface area contributed by atoms with Crippen molar-refractivity contribution < 1.29 is 9.53 Å². The molecule has 0 bridgehead atoms. The Labute approximate surface area is 142 Å². The van der Waals surface area contributed by atoms with Crippen molar-refractivity contribution in [2.45, 2.75) is 6.42 Å². The van der Waals surface area contributed by atoms with E-state index in [-0.39, 0.29) is 5.91 Å². The summed E-state index contributed by atoms with van der Waals surface area (Å²) in [7, 11) is 1.66. The van der Waals surface area contributed by atoms with Crippen molar-refractivity contribution in [2.75, 3.05) is 20.2 Å². The van der Waals surface area contributed by atoms with Crippen LogP contribution in [-0.2, 0) is 4.79 Å². The molecular weight excluding hydrogens is 300 g/mol. The maximum Gasteiger partial charge on any atom is 0.246 e. The number of benzene rings is 1. The van der Waals surface area contributed by atoms with Crippen LogP contribution in [0.25, 0.3) is 11.6 Å². The number of aromatic nitrogens is 1. The third kappa shape index (κ3) is 3.90. The summed E-state index contributed by atoms with van der Waals surface area (Å²) >= 11 is 0. The molecule has 0 unspecified atom stereocenters. The topological polar surface area (TPSA) is 42.4 Å². The molecule has 0 aliphatic carbocycles. The number of amides is 1. The van der Waals surface area contributed by atoms with E-state index in [0.717, 1.165) is 24.3 Å². The lowest BCUT2D eigenvalue weighted by molar-refractivity contribution is -0.125. The minimum atomic E-state index is 0.0314. The molecule has 0 atom stereocenters. The SMILES string of the molecule is COc1ccc(C2=CCN(C(=O)C=Cc3cccnc3)CC2)cc1. The van der Waals surface area contributed by atoms with Crippen LogP contribution >= 0.6 is 0 Å². The summed E-state index contributed by atoms with van der Waals surface area (Å²) in [5.74, 6) is 0.886. The van der Waals surface area contributed by atoms with Gasteiger partial charge in [-0.15, -0.1) is 0 Å². The number of pyridine rings is 1. The van der Waals surface area contributed by atoms with Gasteiger partial charge in [0.05, 0.1) is 7.11 Å². The quantitative estimate of drug-likeness (QED) is 0.811. The molecule has 0 radical (unpaired) electrons. The summed E-state index contributed by atoms with van der Waals surface area (Å²) in [6.45, 7) is 1.37.